The first-order chi connectivity index (χ1) is 10.9. The summed E-state index contributed by atoms with van der Waals surface area (Å²) in [6, 6.07) is 0. The number of hydrogen-bond donors (Lipinski definition) is 1. The van der Waals surface area contributed by atoms with Crippen molar-refractivity contribution in [1.29, 1.82) is 0 Å². The van der Waals surface area contributed by atoms with Crippen molar-refractivity contribution in [2.75, 3.05) is 25.1 Å². The molecule has 1 N–H and O–H groups in total. The van der Waals surface area contributed by atoms with Crippen LogP contribution >= 0.6 is 0 Å². The van der Waals surface area contributed by atoms with Crippen LogP contribution in [0.5, 0.6) is 0 Å². The van der Waals surface area contributed by atoms with E-state index in [1.807, 2.05) is 13.1 Å². The summed E-state index contributed by atoms with van der Waals surface area (Å²) in [6.45, 7) is 4.34. The first-order valence-electron chi connectivity index (χ1n) is 7.83. The zero-order chi connectivity index (χ0) is 15.2. The molecule has 1 aliphatic carbocycles. The molecule has 2 aromatic rings. The van der Waals surface area contributed by atoms with Gasteiger partial charge in [0, 0.05) is 49.8 Å². The minimum absolute atomic E-state index is 0.531. The van der Waals surface area contributed by atoms with Crippen LogP contribution in [0.1, 0.15) is 37.8 Å². The maximum absolute atomic E-state index is 5.32. The smallest absolute Gasteiger partial charge is 0.222 e. The molecule has 0 spiro atoms. The number of nitrogens with one attached hydrogen (secondary N) is 1. The second-order valence-corrected chi connectivity index (χ2v) is 5.33. The molecule has 6 heteroatoms. The second kappa shape index (κ2) is 7.26. The quantitative estimate of drug-likeness (QED) is 0.755. The predicted octanol–water partition coefficient (Wildman–Crippen LogP) is 2.65. The fourth-order valence-electron chi connectivity index (χ4n) is 2.30. The van der Waals surface area contributed by atoms with Gasteiger partial charge in [-0.3, -0.25) is 9.97 Å². The van der Waals surface area contributed by atoms with Crippen LogP contribution in [0, 0.1) is 0 Å². The normalized spacial score (nSPS) is 14.0. The van der Waals surface area contributed by atoms with Gasteiger partial charge in [0.1, 0.15) is 0 Å². The molecule has 116 valence electrons. The van der Waals surface area contributed by atoms with Crippen molar-refractivity contribution in [3.05, 3.63) is 30.5 Å². The zero-order valence-electron chi connectivity index (χ0n) is 12.8. The summed E-state index contributed by atoms with van der Waals surface area (Å²) >= 11 is 0. The van der Waals surface area contributed by atoms with E-state index < -0.39 is 0 Å². The lowest BCUT2D eigenvalue weighted by Gasteiger charge is -2.10. The molecule has 3 rings (SSSR count). The van der Waals surface area contributed by atoms with E-state index in [9.17, 15) is 0 Å². The van der Waals surface area contributed by atoms with Crippen LogP contribution in [0.2, 0.25) is 0 Å². The zero-order valence-corrected chi connectivity index (χ0v) is 12.8. The topological polar surface area (TPSA) is 72.8 Å². The third-order valence-corrected chi connectivity index (χ3v) is 3.57. The van der Waals surface area contributed by atoms with Crippen molar-refractivity contribution >= 4 is 5.95 Å². The van der Waals surface area contributed by atoms with E-state index in [4.69, 9.17) is 9.72 Å². The van der Waals surface area contributed by atoms with Crippen LogP contribution in [-0.2, 0) is 4.74 Å². The Kier molecular flexibility index (Phi) is 4.90. The van der Waals surface area contributed by atoms with E-state index in [1.54, 1.807) is 18.6 Å². The summed E-state index contributed by atoms with van der Waals surface area (Å²) in [5.74, 6) is 1.22. The van der Waals surface area contributed by atoms with Crippen LogP contribution in [0.25, 0.3) is 11.3 Å². The minimum atomic E-state index is 0.531. The van der Waals surface area contributed by atoms with Gasteiger partial charge in [-0.05, 0) is 26.2 Å². The predicted molar refractivity (Wildman–Crippen MR) is 84.6 cm³/mol. The van der Waals surface area contributed by atoms with Crippen LogP contribution < -0.4 is 5.32 Å². The first kappa shape index (κ1) is 14.8. The van der Waals surface area contributed by atoms with Gasteiger partial charge in [0.25, 0.3) is 0 Å². The number of anilines is 1. The molecule has 0 radical (unpaired) electrons. The van der Waals surface area contributed by atoms with Crippen molar-refractivity contribution in [3.8, 4) is 11.3 Å². The van der Waals surface area contributed by atoms with Gasteiger partial charge in [-0.25, -0.2) is 9.97 Å². The molecule has 22 heavy (non-hydrogen) atoms. The highest BCUT2D eigenvalue weighted by atomic mass is 16.5. The Morgan fingerprint density at radius 2 is 2.14 bits per heavy atom. The Morgan fingerprint density at radius 1 is 1.23 bits per heavy atom. The molecule has 1 saturated carbocycles. The average molecular weight is 299 g/mol. The van der Waals surface area contributed by atoms with Gasteiger partial charge < -0.3 is 10.1 Å². The van der Waals surface area contributed by atoms with E-state index in [0.717, 1.165) is 43.1 Å². The highest BCUT2D eigenvalue weighted by Crippen LogP contribution is 2.42. The number of nitrogens with zero attached hydrogens (tertiary/aromatic N) is 4. The highest BCUT2D eigenvalue weighted by molar-refractivity contribution is 5.62. The molecule has 2 heterocycles. The van der Waals surface area contributed by atoms with Crippen LogP contribution in [-0.4, -0.2) is 39.7 Å². The Bertz CT molecular complexity index is 601. The molecule has 0 unspecified atom stereocenters. The molecule has 1 fully saturated rings. The van der Waals surface area contributed by atoms with Crippen molar-refractivity contribution in [1.82, 2.24) is 19.9 Å². The third-order valence-electron chi connectivity index (χ3n) is 3.57. The van der Waals surface area contributed by atoms with Gasteiger partial charge in [-0.1, -0.05) is 0 Å². The van der Waals surface area contributed by atoms with E-state index >= 15 is 0 Å². The van der Waals surface area contributed by atoms with Crippen molar-refractivity contribution < 1.29 is 4.74 Å². The maximum atomic E-state index is 5.32. The Labute approximate surface area is 130 Å². The molecule has 2 aromatic heterocycles. The summed E-state index contributed by atoms with van der Waals surface area (Å²) in [5.41, 5.74) is 2.92. The summed E-state index contributed by atoms with van der Waals surface area (Å²) in [5, 5.41) is 3.27. The minimum Gasteiger partial charge on any atom is -0.382 e. The highest BCUT2D eigenvalue weighted by Gasteiger charge is 2.29. The SMILES string of the molecule is CCOCCCNc1ncc(-c2cnccn2)c(C2CC2)n1. The third kappa shape index (κ3) is 3.76. The summed E-state index contributed by atoms with van der Waals surface area (Å²) in [4.78, 5) is 17.6. The van der Waals surface area contributed by atoms with Crippen molar-refractivity contribution in [2.24, 2.45) is 0 Å². The second-order valence-electron chi connectivity index (χ2n) is 5.33. The van der Waals surface area contributed by atoms with E-state index in [2.05, 4.69) is 20.3 Å². The summed E-state index contributed by atoms with van der Waals surface area (Å²) < 4.78 is 5.32. The molecule has 0 aromatic carbocycles. The standard InChI is InChI=1S/C16H21N5O/c1-2-22-9-3-6-19-16-20-10-13(14-11-17-7-8-18-14)15(21-16)12-4-5-12/h7-8,10-12H,2-6,9H2,1H3,(H,19,20,21). The van der Waals surface area contributed by atoms with E-state index in [0.29, 0.717) is 11.9 Å². The Morgan fingerprint density at radius 3 is 2.86 bits per heavy atom. The Balaban J connectivity index is 1.71. The van der Waals surface area contributed by atoms with Crippen LogP contribution in [0.3, 0.4) is 0 Å². The van der Waals surface area contributed by atoms with E-state index in [1.165, 1.54) is 12.8 Å². The number of ether oxygens (including phenoxy) is 1. The molecule has 0 bridgehead atoms. The van der Waals surface area contributed by atoms with Gasteiger partial charge in [0.2, 0.25) is 5.95 Å². The molecule has 6 nitrogen and oxygen atoms in total. The number of hydrogen-bond acceptors (Lipinski definition) is 6. The van der Waals surface area contributed by atoms with Gasteiger partial charge in [0.15, 0.2) is 0 Å². The van der Waals surface area contributed by atoms with Crippen LogP contribution in [0.15, 0.2) is 24.8 Å². The van der Waals surface area contributed by atoms with Gasteiger partial charge in [-0.15, -0.1) is 0 Å². The largest absolute Gasteiger partial charge is 0.382 e. The molecule has 0 aliphatic heterocycles. The van der Waals surface area contributed by atoms with Gasteiger partial charge in [-0.2, -0.15) is 0 Å². The number of aromatic nitrogens is 4. The van der Waals surface area contributed by atoms with Crippen molar-refractivity contribution in [3.63, 3.8) is 0 Å². The molecular weight excluding hydrogens is 278 g/mol. The molecule has 0 atom stereocenters. The molecule has 1 aliphatic rings. The van der Waals surface area contributed by atoms with Crippen LogP contribution in [0.4, 0.5) is 5.95 Å². The molecule has 0 amide bonds. The summed E-state index contributed by atoms with van der Waals surface area (Å²) in [7, 11) is 0. The van der Waals surface area contributed by atoms with E-state index in [-0.39, 0.29) is 0 Å². The molecular formula is C16H21N5O. The maximum Gasteiger partial charge on any atom is 0.222 e. The fraction of sp³-hybridized carbons (Fsp3) is 0.500. The monoisotopic (exact) mass is 299 g/mol. The lowest BCUT2D eigenvalue weighted by molar-refractivity contribution is 0.147. The fourth-order valence-corrected chi connectivity index (χ4v) is 2.30. The lowest BCUT2D eigenvalue weighted by atomic mass is 10.1. The van der Waals surface area contributed by atoms with Crippen molar-refractivity contribution in [2.45, 2.75) is 32.1 Å². The summed E-state index contributed by atoms with van der Waals surface area (Å²) in [6.07, 6.45) is 10.3. The Hall–Kier alpha value is -2.08. The molecule has 0 saturated heterocycles. The number of rotatable bonds is 8. The average Bonchev–Trinajstić information content (AvgIpc) is 3.40. The van der Waals surface area contributed by atoms with Gasteiger partial charge >= 0.3 is 0 Å². The lowest BCUT2D eigenvalue weighted by Crippen LogP contribution is -2.09. The van der Waals surface area contributed by atoms with Gasteiger partial charge in [0.05, 0.1) is 17.6 Å². The first-order valence-corrected chi connectivity index (χ1v) is 7.83.